The van der Waals surface area contributed by atoms with Crippen molar-refractivity contribution in [2.75, 3.05) is 6.61 Å². The number of nitrogens with zero attached hydrogens (tertiary/aromatic N) is 5. The molecule has 2 aromatic heterocycles. The molecule has 1 atom stereocenters. The summed E-state index contributed by atoms with van der Waals surface area (Å²) in [5.41, 5.74) is 3.56. The monoisotopic (exact) mass is 432 g/mol. The lowest BCUT2D eigenvalue weighted by Crippen LogP contribution is -2.52. The van der Waals surface area contributed by atoms with E-state index in [1.807, 2.05) is 19.1 Å². The number of rotatable bonds is 5. The standard InChI is InChI=1S/C22H20N6O4/c1-2-32-20-8-3-13(10-23-20)17-12-28(26-25-17)15-4-5-16-14(9-15)11-27(22(16)31)18-6-7-19(29)24-21(18)30/h3-5,8-10,12,18H,2,6-7,11H2,1H3,(H,24,29,30). The number of fused-ring (bicyclic) bond motifs is 1. The number of hydrogen-bond acceptors (Lipinski definition) is 7. The predicted octanol–water partition coefficient (Wildman–Crippen LogP) is 1.49. The number of imide groups is 1. The van der Waals surface area contributed by atoms with E-state index >= 15 is 0 Å². The highest BCUT2D eigenvalue weighted by Gasteiger charge is 2.39. The number of aromatic nitrogens is 4. The second-order valence-corrected chi connectivity index (χ2v) is 7.61. The van der Waals surface area contributed by atoms with Crippen molar-refractivity contribution in [3.05, 3.63) is 53.9 Å². The third-order valence-corrected chi connectivity index (χ3v) is 5.59. The maximum Gasteiger partial charge on any atom is 0.255 e. The number of piperidine rings is 1. The van der Waals surface area contributed by atoms with Crippen LogP contribution in [0, 0.1) is 0 Å². The van der Waals surface area contributed by atoms with E-state index in [1.54, 1.807) is 35.3 Å². The van der Waals surface area contributed by atoms with Crippen LogP contribution in [0.15, 0.2) is 42.7 Å². The van der Waals surface area contributed by atoms with E-state index in [0.29, 0.717) is 36.7 Å². The molecule has 1 N–H and O–H groups in total. The van der Waals surface area contributed by atoms with E-state index in [0.717, 1.165) is 16.8 Å². The maximum absolute atomic E-state index is 12.8. The third kappa shape index (κ3) is 3.49. The van der Waals surface area contributed by atoms with Gasteiger partial charge in [0.15, 0.2) is 0 Å². The van der Waals surface area contributed by atoms with Crippen LogP contribution in [0.5, 0.6) is 5.88 Å². The normalized spacial score (nSPS) is 18.0. The van der Waals surface area contributed by atoms with Gasteiger partial charge in [0.2, 0.25) is 17.7 Å². The van der Waals surface area contributed by atoms with E-state index in [-0.39, 0.29) is 18.2 Å². The summed E-state index contributed by atoms with van der Waals surface area (Å²) in [5, 5.41) is 10.7. The molecule has 0 bridgehead atoms. The second-order valence-electron chi connectivity index (χ2n) is 7.61. The summed E-state index contributed by atoms with van der Waals surface area (Å²) in [5.74, 6) is -0.386. The Hall–Kier alpha value is -4.08. The Bertz CT molecular complexity index is 1220. The Labute approximate surface area is 183 Å². The molecule has 162 valence electrons. The number of nitrogens with one attached hydrogen (secondary N) is 1. The van der Waals surface area contributed by atoms with Gasteiger partial charge in [-0.1, -0.05) is 5.21 Å². The molecule has 1 aromatic carbocycles. The molecule has 5 rings (SSSR count). The molecule has 3 amide bonds. The summed E-state index contributed by atoms with van der Waals surface area (Å²) >= 11 is 0. The van der Waals surface area contributed by atoms with Gasteiger partial charge in [0.1, 0.15) is 11.7 Å². The molecule has 10 nitrogen and oxygen atoms in total. The number of carbonyl (C=O) groups is 3. The van der Waals surface area contributed by atoms with E-state index < -0.39 is 11.9 Å². The Morgan fingerprint density at radius 2 is 2.06 bits per heavy atom. The first-order valence-electron chi connectivity index (χ1n) is 10.3. The molecule has 2 aliphatic heterocycles. The lowest BCUT2D eigenvalue weighted by molar-refractivity contribution is -0.136. The highest BCUT2D eigenvalue weighted by molar-refractivity contribution is 6.05. The molecule has 3 aromatic rings. The summed E-state index contributed by atoms with van der Waals surface area (Å²) in [6.45, 7) is 2.75. The SMILES string of the molecule is CCOc1ccc(-c2cn(-c3ccc4c(c3)CN(C3CCC(=O)NC3=O)C4=O)nn2)cn1. The average molecular weight is 432 g/mol. The Kier molecular flexibility index (Phi) is 4.89. The molecule has 10 heteroatoms. The van der Waals surface area contributed by atoms with Crippen LogP contribution in [0.4, 0.5) is 0 Å². The molecular formula is C22H20N6O4. The van der Waals surface area contributed by atoms with E-state index in [2.05, 4.69) is 20.6 Å². The average Bonchev–Trinajstić information content (AvgIpc) is 3.40. The minimum Gasteiger partial charge on any atom is -0.478 e. The molecule has 0 spiro atoms. The van der Waals surface area contributed by atoms with Crippen LogP contribution in [-0.4, -0.2) is 55.2 Å². The Balaban J connectivity index is 1.36. The van der Waals surface area contributed by atoms with Crippen molar-refractivity contribution in [1.82, 2.24) is 30.2 Å². The van der Waals surface area contributed by atoms with Gasteiger partial charge in [-0.25, -0.2) is 9.67 Å². The number of benzene rings is 1. The molecule has 0 saturated carbocycles. The topological polar surface area (TPSA) is 119 Å². The van der Waals surface area contributed by atoms with Crippen molar-refractivity contribution in [3.63, 3.8) is 0 Å². The van der Waals surface area contributed by atoms with Crippen molar-refractivity contribution in [2.45, 2.75) is 32.4 Å². The van der Waals surface area contributed by atoms with Crippen LogP contribution < -0.4 is 10.1 Å². The third-order valence-electron chi connectivity index (χ3n) is 5.59. The first-order valence-corrected chi connectivity index (χ1v) is 10.3. The van der Waals surface area contributed by atoms with Gasteiger partial charge in [0.25, 0.3) is 5.91 Å². The molecule has 0 aliphatic carbocycles. The molecular weight excluding hydrogens is 412 g/mol. The minimum atomic E-state index is -0.638. The van der Waals surface area contributed by atoms with Crippen molar-refractivity contribution < 1.29 is 19.1 Å². The van der Waals surface area contributed by atoms with Crippen molar-refractivity contribution in [2.24, 2.45) is 0 Å². The summed E-state index contributed by atoms with van der Waals surface area (Å²) < 4.78 is 6.99. The first kappa shape index (κ1) is 19.9. The summed E-state index contributed by atoms with van der Waals surface area (Å²) in [6, 6.07) is 8.40. The molecule has 4 heterocycles. The molecule has 0 radical (unpaired) electrons. The smallest absolute Gasteiger partial charge is 0.255 e. The van der Waals surface area contributed by atoms with Crippen molar-refractivity contribution >= 4 is 17.7 Å². The summed E-state index contributed by atoms with van der Waals surface area (Å²) in [7, 11) is 0. The quantitative estimate of drug-likeness (QED) is 0.607. The fourth-order valence-electron chi connectivity index (χ4n) is 3.99. The van der Waals surface area contributed by atoms with Gasteiger partial charge in [0, 0.05) is 36.4 Å². The lowest BCUT2D eigenvalue weighted by atomic mass is 10.0. The van der Waals surface area contributed by atoms with Gasteiger partial charge in [0.05, 0.1) is 18.5 Å². The molecule has 1 saturated heterocycles. The number of ether oxygens (including phenoxy) is 1. The van der Waals surface area contributed by atoms with Crippen LogP contribution in [0.2, 0.25) is 0 Å². The zero-order chi connectivity index (χ0) is 22.2. The number of amides is 3. The van der Waals surface area contributed by atoms with Gasteiger partial charge in [-0.3, -0.25) is 19.7 Å². The van der Waals surface area contributed by atoms with Gasteiger partial charge in [-0.2, -0.15) is 0 Å². The summed E-state index contributed by atoms with van der Waals surface area (Å²) in [6.07, 6.45) is 4.02. The first-order chi connectivity index (χ1) is 15.5. The fraction of sp³-hybridized carbons (Fsp3) is 0.273. The van der Waals surface area contributed by atoms with Crippen LogP contribution in [0.25, 0.3) is 16.9 Å². The lowest BCUT2D eigenvalue weighted by Gasteiger charge is -2.29. The highest BCUT2D eigenvalue weighted by Crippen LogP contribution is 2.29. The van der Waals surface area contributed by atoms with E-state index in [1.165, 1.54) is 4.90 Å². The van der Waals surface area contributed by atoms with Crippen LogP contribution in [0.3, 0.4) is 0 Å². The molecule has 1 unspecified atom stereocenters. The fourth-order valence-corrected chi connectivity index (χ4v) is 3.99. The van der Waals surface area contributed by atoms with Crippen LogP contribution in [0.1, 0.15) is 35.7 Å². The summed E-state index contributed by atoms with van der Waals surface area (Å²) in [4.78, 5) is 42.3. The van der Waals surface area contributed by atoms with Crippen molar-refractivity contribution in [1.29, 1.82) is 0 Å². The number of pyridine rings is 1. The zero-order valence-corrected chi connectivity index (χ0v) is 17.3. The van der Waals surface area contributed by atoms with E-state index in [9.17, 15) is 14.4 Å². The van der Waals surface area contributed by atoms with Crippen LogP contribution in [-0.2, 0) is 16.1 Å². The second kappa shape index (κ2) is 7.88. The molecule has 32 heavy (non-hydrogen) atoms. The zero-order valence-electron chi connectivity index (χ0n) is 17.3. The van der Waals surface area contributed by atoms with Gasteiger partial charge >= 0.3 is 0 Å². The predicted molar refractivity (Wildman–Crippen MR) is 112 cm³/mol. The minimum absolute atomic E-state index is 0.208. The number of hydrogen-bond donors (Lipinski definition) is 1. The number of carbonyl (C=O) groups excluding carboxylic acids is 3. The Morgan fingerprint density at radius 1 is 1.19 bits per heavy atom. The Morgan fingerprint density at radius 3 is 2.81 bits per heavy atom. The molecule has 2 aliphatic rings. The van der Waals surface area contributed by atoms with Gasteiger partial charge in [-0.15, -0.1) is 5.10 Å². The highest BCUT2D eigenvalue weighted by atomic mass is 16.5. The maximum atomic E-state index is 12.8. The van der Waals surface area contributed by atoms with E-state index in [4.69, 9.17) is 4.74 Å². The van der Waals surface area contributed by atoms with Crippen molar-refractivity contribution in [3.8, 4) is 22.8 Å². The van der Waals surface area contributed by atoms with Crippen LogP contribution >= 0.6 is 0 Å². The largest absolute Gasteiger partial charge is 0.478 e. The molecule has 1 fully saturated rings. The van der Waals surface area contributed by atoms with Gasteiger partial charge < -0.3 is 9.64 Å². The van der Waals surface area contributed by atoms with Gasteiger partial charge in [-0.05, 0) is 43.2 Å².